The van der Waals surface area contributed by atoms with E-state index >= 15 is 0 Å². The van der Waals surface area contributed by atoms with E-state index in [0.717, 1.165) is 45.5 Å². The number of nitrogens with zero attached hydrogens (tertiary/aromatic N) is 1. The van der Waals surface area contributed by atoms with Crippen LogP contribution in [-0.2, 0) is 9.53 Å². The van der Waals surface area contributed by atoms with Crippen molar-refractivity contribution in [1.82, 2.24) is 10.2 Å². The number of hydrogen-bond acceptors (Lipinski definition) is 3. The highest BCUT2D eigenvalue weighted by Gasteiger charge is 2.25. The molecule has 1 amide bonds. The maximum Gasteiger partial charge on any atom is 0.220 e. The summed E-state index contributed by atoms with van der Waals surface area (Å²) in [5, 5.41) is 3.03. The Morgan fingerprint density at radius 1 is 1.44 bits per heavy atom. The number of carbonyl (C=O) groups excluding carboxylic acids is 1. The van der Waals surface area contributed by atoms with Crippen molar-refractivity contribution in [2.75, 3.05) is 26.2 Å². The number of nitrogens with one attached hydrogen (secondary N) is 1. The van der Waals surface area contributed by atoms with Crippen LogP contribution >= 0.6 is 0 Å². The van der Waals surface area contributed by atoms with Gasteiger partial charge in [0, 0.05) is 32.1 Å². The van der Waals surface area contributed by atoms with Crippen LogP contribution in [0.2, 0.25) is 0 Å². The molecule has 2 aliphatic rings. The fourth-order valence-electron chi connectivity index (χ4n) is 2.46. The van der Waals surface area contributed by atoms with Crippen LogP contribution in [0.4, 0.5) is 0 Å². The van der Waals surface area contributed by atoms with Crippen LogP contribution in [0.5, 0.6) is 0 Å². The lowest BCUT2D eigenvalue weighted by molar-refractivity contribution is -0.122. The highest BCUT2D eigenvalue weighted by Crippen LogP contribution is 2.19. The fourth-order valence-corrected chi connectivity index (χ4v) is 2.46. The van der Waals surface area contributed by atoms with E-state index in [9.17, 15) is 4.79 Å². The number of rotatable bonds is 6. The first-order chi connectivity index (χ1) is 8.63. The molecule has 1 saturated heterocycles. The molecule has 4 heteroatoms. The Balaban J connectivity index is 1.63. The zero-order valence-electron chi connectivity index (χ0n) is 11.7. The summed E-state index contributed by atoms with van der Waals surface area (Å²) in [5.41, 5.74) is 0. The van der Waals surface area contributed by atoms with Crippen LogP contribution < -0.4 is 5.32 Å². The Labute approximate surface area is 110 Å². The van der Waals surface area contributed by atoms with Crippen molar-refractivity contribution in [3.8, 4) is 0 Å². The predicted octanol–water partition coefficient (Wildman–Crippen LogP) is 1.40. The Kier molecular flexibility index (Phi) is 5.01. The molecule has 1 heterocycles. The summed E-state index contributed by atoms with van der Waals surface area (Å²) in [6, 6.07) is 0.474. The van der Waals surface area contributed by atoms with Crippen LogP contribution in [0.1, 0.15) is 39.5 Å². The molecule has 0 aromatic heterocycles. The molecular weight excluding hydrogens is 228 g/mol. The summed E-state index contributed by atoms with van der Waals surface area (Å²) >= 11 is 0. The molecule has 104 valence electrons. The predicted molar refractivity (Wildman–Crippen MR) is 71.4 cm³/mol. The molecule has 2 rings (SSSR count). The maximum absolute atomic E-state index is 11.6. The molecule has 1 unspecified atom stereocenters. The standard InChI is InChI=1S/C14H26N2O2/c1-11(2)9-16-7-8-18-13(10-16)5-6-14(17)15-12-3-4-12/h11-13H,3-10H2,1-2H3,(H,15,17). The van der Waals surface area contributed by atoms with Crippen molar-refractivity contribution in [3.05, 3.63) is 0 Å². The van der Waals surface area contributed by atoms with E-state index in [1.807, 2.05) is 0 Å². The molecule has 4 nitrogen and oxygen atoms in total. The van der Waals surface area contributed by atoms with E-state index in [0.29, 0.717) is 18.4 Å². The third-order valence-electron chi connectivity index (χ3n) is 3.48. The summed E-state index contributed by atoms with van der Waals surface area (Å²) in [5.74, 6) is 0.893. The lowest BCUT2D eigenvalue weighted by Crippen LogP contribution is -2.44. The molecule has 1 aliphatic heterocycles. The van der Waals surface area contributed by atoms with Crippen molar-refractivity contribution in [2.24, 2.45) is 5.92 Å². The molecule has 18 heavy (non-hydrogen) atoms. The van der Waals surface area contributed by atoms with Crippen LogP contribution in [0.25, 0.3) is 0 Å². The largest absolute Gasteiger partial charge is 0.376 e. The first-order valence-electron chi connectivity index (χ1n) is 7.27. The van der Waals surface area contributed by atoms with Crippen LogP contribution in [0.15, 0.2) is 0 Å². The Bertz CT molecular complexity index is 277. The summed E-state index contributed by atoms with van der Waals surface area (Å²) in [7, 11) is 0. The van der Waals surface area contributed by atoms with Gasteiger partial charge >= 0.3 is 0 Å². The van der Waals surface area contributed by atoms with E-state index in [4.69, 9.17) is 4.74 Å². The molecule has 1 atom stereocenters. The molecule has 1 saturated carbocycles. The highest BCUT2D eigenvalue weighted by molar-refractivity contribution is 5.76. The monoisotopic (exact) mass is 254 g/mol. The van der Waals surface area contributed by atoms with Gasteiger partial charge in [-0.25, -0.2) is 0 Å². The number of carbonyl (C=O) groups is 1. The fraction of sp³-hybridized carbons (Fsp3) is 0.929. The van der Waals surface area contributed by atoms with Gasteiger partial charge in [0.05, 0.1) is 12.7 Å². The van der Waals surface area contributed by atoms with Crippen LogP contribution in [0, 0.1) is 5.92 Å². The highest BCUT2D eigenvalue weighted by atomic mass is 16.5. The molecular formula is C14H26N2O2. The van der Waals surface area contributed by atoms with Crippen molar-refractivity contribution < 1.29 is 9.53 Å². The van der Waals surface area contributed by atoms with E-state index in [-0.39, 0.29) is 12.0 Å². The minimum Gasteiger partial charge on any atom is -0.376 e. The Hall–Kier alpha value is -0.610. The molecule has 0 radical (unpaired) electrons. The van der Waals surface area contributed by atoms with Gasteiger partial charge in [0.25, 0.3) is 0 Å². The molecule has 0 aromatic rings. The summed E-state index contributed by atoms with van der Waals surface area (Å²) in [4.78, 5) is 14.1. The van der Waals surface area contributed by atoms with Gasteiger partial charge in [0.1, 0.15) is 0 Å². The van der Waals surface area contributed by atoms with Crippen LogP contribution in [-0.4, -0.2) is 49.2 Å². The molecule has 1 aliphatic carbocycles. The van der Waals surface area contributed by atoms with Gasteiger partial charge in [-0.2, -0.15) is 0 Å². The van der Waals surface area contributed by atoms with Gasteiger partial charge in [-0.05, 0) is 25.2 Å². The smallest absolute Gasteiger partial charge is 0.220 e. The Morgan fingerprint density at radius 3 is 2.89 bits per heavy atom. The van der Waals surface area contributed by atoms with Crippen molar-refractivity contribution >= 4 is 5.91 Å². The number of amides is 1. The van der Waals surface area contributed by atoms with Gasteiger partial charge in [-0.15, -0.1) is 0 Å². The SMILES string of the molecule is CC(C)CN1CCOC(CCC(=O)NC2CC2)C1. The molecule has 0 spiro atoms. The second-order valence-corrected chi connectivity index (χ2v) is 6.03. The van der Waals surface area contributed by atoms with Crippen molar-refractivity contribution in [3.63, 3.8) is 0 Å². The van der Waals surface area contributed by atoms with Gasteiger partial charge in [0.15, 0.2) is 0 Å². The molecule has 0 aromatic carbocycles. The molecule has 2 fully saturated rings. The Morgan fingerprint density at radius 2 is 2.22 bits per heavy atom. The minimum atomic E-state index is 0.196. The summed E-state index contributed by atoms with van der Waals surface area (Å²) < 4.78 is 5.74. The minimum absolute atomic E-state index is 0.196. The van der Waals surface area contributed by atoms with Gasteiger partial charge in [0.2, 0.25) is 5.91 Å². The number of hydrogen-bond donors (Lipinski definition) is 1. The third-order valence-corrected chi connectivity index (χ3v) is 3.48. The zero-order valence-corrected chi connectivity index (χ0v) is 11.7. The van der Waals surface area contributed by atoms with Gasteiger partial charge in [-0.3, -0.25) is 9.69 Å². The average Bonchev–Trinajstić information content (AvgIpc) is 3.10. The van der Waals surface area contributed by atoms with Crippen LogP contribution in [0.3, 0.4) is 0 Å². The maximum atomic E-state index is 11.6. The lowest BCUT2D eigenvalue weighted by Gasteiger charge is -2.33. The first-order valence-corrected chi connectivity index (χ1v) is 7.27. The average molecular weight is 254 g/mol. The summed E-state index contributed by atoms with van der Waals surface area (Å²) in [6.45, 7) is 8.44. The van der Waals surface area contributed by atoms with E-state index in [1.165, 1.54) is 0 Å². The lowest BCUT2D eigenvalue weighted by atomic mass is 10.1. The van der Waals surface area contributed by atoms with E-state index < -0.39 is 0 Å². The first kappa shape index (κ1) is 13.8. The second-order valence-electron chi connectivity index (χ2n) is 6.03. The summed E-state index contributed by atoms with van der Waals surface area (Å²) in [6.07, 6.45) is 4.02. The second kappa shape index (κ2) is 6.53. The quantitative estimate of drug-likeness (QED) is 0.779. The van der Waals surface area contributed by atoms with Gasteiger partial charge < -0.3 is 10.1 Å². The molecule has 0 bridgehead atoms. The van der Waals surface area contributed by atoms with Crippen molar-refractivity contribution in [2.45, 2.75) is 51.7 Å². The van der Waals surface area contributed by atoms with E-state index in [2.05, 4.69) is 24.1 Å². The van der Waals surface area contributed by atoms with Crippen molar-refractivity contribution in [1.29, 1.82) is 0 Å². The van der Waals surface area contributed by atoms with Gasteiger partial charge in [-0.1, -0.05) is 13.8 Å². The normalized spacial score (nSPS) is 25.4. The topological polar surface area (TPSA) is 41.6 Å². The third kappa shape index (κ3) is 4.94. The van der Waals surface area contributed by atoms with E-state index in [1.54, 1.807) is 0 Å². The number of morpholine rings is 1. The molecule has 1 N–H and O–H groups in total. The zero-order chi connectivity index (χ0) is 13.0. The number of ether oxygens (including phenoxy) is 1.